The maximum atomic E-state index is 12.5. The summed E-state index contributed by atoms with van der Waals surface area (Å²) >= 11 is 0. The van der Waals surface area contributed by atoms with Gasteiger partial charge in [-0.1, -0.05) is 0 Å². The molecule has 2 aromatic rings. The molecule has 108 valence electrons. The van der Waals surface area contributed by atoms with Gasteiger partial charge < -0.3 is 5.11 Å². The van der Waals surface area contributed by atoms with E-state index in [0.29, 0.717) is 4.31 Å². The summed E-state index contributed by atoms with van der Waals surface area (Å²) in [5.41, 5.74) is -0.141. The molecule has 2 heterocycles. The van der Waals surface area contributed by atoms with Gasteiger partial charge in [-0.2, -0.15) is 9.40 Å². The second-order valence-electron chi connectivity index (χ2n) is 4.46. The Kier molecular flexibility index (Phi) is 2.63. The number of fused-ring (bicyclic) bond motifs is 1. The molecule has 0 aliphatic carbocycles. The van der Waals surface area contributed by atoms with Crippen molar-refractivity contribution in [2.45, 2.75) is 4.90 Å². The van der Waals surface area contributed by atoms with Gasteiger partial charge in [-0.3, -0.25) is 9.48 Å². The number of hydrogen-bond donors (Lipinski definition) is 1. The largest absolute Gasteiger partial charge is 0.478 e. The first-order valence-corrected chi connectivity index (χ1v) is 7.22. The highest BCUT2D eigenvalue weighted by Gasteiger charge is 2.43. The Bertz CT molecular complexity index is 884. The van der Waals surface area contributed by atoms with Crippen molar-refractivity contribution < 1.29 is 23.1 Å². The monoisotopic (exact) mass is 307 g/mol. The summed E-state index contributed by atoms with van der Waals surface area (Å²) in [5.74, 6) is -1.99. The number of carboxylic acid groups (broad SMARTS) is 1. The van der Waals surface area contributed by atoms with Crippen LogP contribution < -0.4 is 4.31 Å². The molecule has 0 saturated heterocycles. The lowest BCUT2D eigenvalue weighted by Crippen LogP contribution is -2.29. The molecule has 0 spiro atoms. The van der Waals surface area contributed by atoms with Gasteiger partial charge in [0.2, 0.25) is 0 Å². The first-order valence-electron chi connectivity index (χ1n) is 5.78. The zero-order chi connectivity index (χ0) is 15.4. The van der Waals surface area contributed by atoms with Gasteiger partial charge in [0.1, 0.15) is 4.90 Å². The number of amides is 1. The highest BCUT2D eigenvalue weighted by atomic mass is 32.2. The molecule has 0 saturated carbocycles. The number of aromatic carboxylic acids is 1. The van der Waals surface area contributed by atoms with Crippen LogP contribution in [0.15, 0.2) is 35.5 Å². The fourth-order valence-electron chi connectivity index (χ4n) is 2.13. The van der Waals surface area contributed by atoms with Crippen LogP contribution in [0.3, 0.4) is 0 Å². The Labute approximate surface area is 119 Å². The number of anilines is 1. The van der Waals surface area contributed by atoms with E-state index in [9.17, 15) is 18.0 Å². The summed E-state index contributed by atoms with van der Waals surface area (Å²) in [4.78, 5) is 22.9. The van der Waals surface area contributed by atoms with Crippen molar-refractivity contribution in [1.82, 2.24) is 9.78 Å². The van der Waals surface area contributed by atoms with Gasteiger partial charge in [0.15, 0.2) is 0 Å². The number of rotatable bonds is 2. The van der Waals surface area contributed by atoms with Crippen molar-refractivity contribution in [3.8, 4) is 0 Å². The molecule has 1 N–H and O–H groups in total. The van der Waals surface area contributed by atoms with Crippen LogP contribution in [-0.4, -0.2) is 35.2 Å². The van der Waals surface area contributed by atoms with E-state index < -0.39 is 21.9 Å². The predicted molar refractivity (Wildman–Crippen MR) is 70.6 cm³/mol. The molecule has 1 aliphatic rings. The van der Waals surface area contributed by atoms with Crippen LogP contribution >= 0.6 is 0 Å². The number of hydrogen-bond acceptors (Lipinski definition) is 5. The van der Waals surface area contributed by atoms with E-state index in [1.54, 1.807) is 7.05 Å². The summed E-state index contributed by atoms with van der Waals surface area (Å²) in [6.45, 7) is 0. The standard InChI is InChI=1S/C12H9N3O5S/c1-14-6-8(5-13-14)15-11(16)9-3-2-7(12(17)18)4-10(9)21(15,19)20/h2-6H,1H3,(H,17,18). The molecule has 0 bridgehead atoms. The quantitative estimate of drug-likeness (QED) is 0.863. The number of nitrogens with zero attached hydrogens (tertiary/aromatic N) is 3. The Morgan fingerprint density at radius 2 is 2.05 bits per heavy atom. The third-order valence-electron chi connectivity index (χ3n) is 3.09. The molecule has 1 aromatic heterocycles. The lowest BCUT2D eigenvalue weighted by molar-refractivity contribution is 0.0696. The van der Waals surface area contributed by atoms with Gasteiger partial charge in [0.05, 0.1) is 23.0 Å². The fraction of sp³-hybridized carbons (Fsp3) is 0.0833. The van der Waals surface area contributed by atoms with Crippen molar-refractivity contribution in [3.63, 3.8) is 0 Å². The van der Waals surface area contributed by atoms with Crippen LogP contribution in [0.1, 0.15) is 20.7 Å². The van der Waals surface area contributed by atoms with Crippen LogP contribution in [0.4, 0.5) is 5.69 Å². The number of carboxylic acids is 1. The molecule has 1 aromatic carbocycles. The lowest BCUT2D eigenvalue weighted by Gasteiger charge is -2.11. The summed E-state index contributed by atoms with van der Waals surface area (Å²) in [7, 11) is -2.53. The van der Waals surface area contributed by atoms with Gasteiger partial charge in [-0.05, 0) is 18.2 Å². The minimum atomic E-state index is -4.12. The molecule has 3 rings (SSSR count). The normalized spacial score (nSPS) is 16.0. The molecule has 0 fully saturated rings. The van der Waals surface area contributed by atoms with Crippen molar-refractivity contribution in [3.05, 3.63) is 41.7 Å². The molecule has 0 atom stereocenters. The Hall–Kier alpha value is -2.68. The number of carbonyl (C=O) groups excluding carboxylic acids is 1. The van der Waals surface area contributed by atoms with Crippen molar-refractivity contribution in [1.29, 1.82) is 0 Å². The second-order valence-corrected chi connectivity index (χ2v) is 6.22. The van der Waals surface area contributed by atoms with Crippen molar-refractivity contribution >= 4 is 27.6 Å². The summed E-state index contributed by atoms with van der Waals surface area (Å²) in [5, 5.41) is 12.8. The Balaban J connectivity index is 2.21. The van der Waals surface area contributed by atoms with E-state index in [4.69, 9.17) is 5.11 Å². The maximum absolute atomic E-state index is 12.5. The molecule has 9 heteroatoms. The van der Waals surface area contributed by atoms with Crippen LogP contribution in [0.5, 0.6) is 0 Å². The number of benzene rings is 1. The minimum Gasteiger partial charge on any atom is -0.478 e. The van der Waals surface area contributed by atoms with E-state index in [2.05, 4.69) is 5.10 Å². The van der Waals surface area contributed by atoms with E-state index >= 15 is 0 Å². The van der Waals surface area contributed by atoms with Crippen molar-refractivity contribution in [2.24, 2.45) is 7.05 Å². The summed E-state index contributed by atoms with van der Waals surface area (Å²) in [6.07, 6.45) is 2.64. The highest BCUT2D eigenvalue weighted by molar-refractivity contribution is 7.94. The maximum Gasteiger partial charge on any atom is 0.335 e. The lowest BCUT2D eigenvalue weighted by atomic mass is 10.1. The molecule has 0 radical (unpaired) electrons. The van der Waals surface area contributed by atoms with Gasteiger partial charge in [0, 0.05) is 13.2 Å². The third-order valence-corrected chi connectivity index (χ3v) is 4.84. The van der Waals surface area contributed by atoms with Gasteiger partial charge in [-0.15, -0.1) is 0 Å². The first kappa shape index (κ1) is 13.3. The number of aryl methyl sites for hydroxylation is 1. The Morgan fingerprint density at radius 1 is 1.33 bits per heavy atom. The molecule has 0 unspecified atom stereocenters. The molecule has 8 nitrogen and oxygen atoms in total. The third kappa shape index (κ3) is 1.82. The first-order chi connectivity index (χ1) is 9.82. The van der Waals surface area contributed by atoms with Crippen molar-refractivity contribution in [2.75, 3.05) is 4.31 Å². The molecular formula is C12H9N3O5S. The average molecular weight is 307 g/mol. The molecular weight excluding hydrogens is 298 g/mol. The molecule has 1 amide bonds. The molecule has 21 heavy (non-hydrogen) atoms. The van der Waals surface area contributed by atoms with E-state index in [0.717, 1.165) is 6.07 Å². The zero-order valence-corrected chi connectivity index (χ0v) is 11.5. The van der Waals surface area contributed by atoms with E-state index in [-0.39, 0.29) is 21.7 Å². The smallest absolute Gasteiger partial charge is 0.335 e. The number of aromatic nitrogens is 2. The van der Waals surface area contributed by atoms with Gasteiger partial charge >= 0.3 is 5.97 Å². The summed E-state index contributed by atoms with van der Waals surface area (Å²) in [6, 6.07) is 3.39. The molecule has 1 aliphatic heterocycles. The second kappa shape index (κ2) is 4.16. The number of sulfonamides is 1. The zero-order valence-electron chi connectivity index (χ0n) is 10.7. The number of carbonyl (C=O) groups is 2. The minimum absolute atomic E-state index is 0.0520. The fourth-order valence-corrected chi connectivity index (χ4v) is 3.73. The van der Waals surface area contributed by atoms with Crippen LogP contribution in [0.25, 0.3) is 0 Å². The van der Waals surface area contributed by atoms with Gasteiger partial charge in [0.25, 0.3) is 15.9 Å². The topological polar surface area (TPSA) is 110 Å². The van der Waals surface area contributed by atoms with Crippen LogP contribution in [0.2, 0.25) is 0 Å². The van der Waals surface area contributed by atoms with E-state index in [1.165, 1.54) is 29.2 Å². The average Bonchev–Trinajstić information content (AvgIpc) is 2.90. The van der Waals surface area contributed by atoms with Crippen LogP contribution in [-0.2, 0) is 17.1 Å². The predicted octanol–water partition coefficient (Wildman–Crippen LogP) is 0.467. The summed E-state index contributed by atoms with van der Waals surface area (Å²) < 4.78 is 26.9. The SMILES string of the molecule is Cn1cc(N2C(=O)c3ccc(C(=O)O)cc3S2(=O)=O)cn1. The van der Waals surface area contributed by atoms with E-state index in [1.807, 2.05) is 0 Å². The highest BCUT2D eigenvalue weighted by Crippen LogP contribution is 2.34. The van der Waals surface area contributed by atoms with Gasteiger partial charge in [-0.25, -0.2) is 13.2 Å². The van der Waals surface area contributed by atoms with Crippen LogP contribution in [0, 0.1) is 0 Å². The Morgan fingerprint density at radius 3 is 2.62 bits per heavy atom.